The molecule has 0 aliphatic rings. The monoisotopic (exact) mass is 298 g/mol. The minimum absolute atomic E-state index is 0.604. The molecule has 4 heteroatoms. The highest BCUT2D eigenvalue weighted by atomic mass is 32.2. The Balaban J connectivity index is 2.09. The average molecular weight is 298 g/mol. The Hall–Kier alpha value is -1.78. The van der Waals surface area contributed by atoms with Gasteiger partial charge in [-0.15, -0.1) is 11.8 Å². The lowest BCUT2D eigenvalue weighted by molar-refractivity contribution is 1.40. The molecule has 2 aromatic carbocycles. The predicted molar refractivity (Wildman–Crippen MR) is 89.2 cm³/mol. The first-order valence-corrected chi connectivity index (χ1v) is 8.28. The minimum Gasteiger partial charge on any atom is -0.375 e. The maximum atomic E-state index is 5.91. The zero-order valence-electron chi connectivity index (χ0n) is 11.0. The summed E-state index contributed by atoms with van der Waals surface area (Å²) in [5.74, 6) is 0. The molecule has 1 heterocycles. The average Bonchev–Trinajstić information content (AvgIpc) is 2.90. The number of nitrogen functional groups attached to an aromatic ring is 1. The molecule has 3 aromatic rings. The Kier molecular flexibility index (Phi) is 3.76. The number of thiazole rings is 1. The lowest BCUT2D eigenvalue weighted by atomic mass is 10.1. The molecule has 1 aromatic heterocycles. The molecular formula is C16H14N2S2. The van der Waals surface area contributed by atoms with Crippen LogP contribution < -0.4 is 5.73 Å². The van der Waals surface area contributed by atoms with Crippen molar-refractivity contribution < 1.29 is 0 Å². The summed E-state index contributed by atoms with van der Waals surface area (Å²) in [5.41, 5.74) is 9.14. The number of rotatable bonds is 3. The lowest BCUT2D eigenvalue weighted by Crippen LogP contribution is -1.84. The van der Waals surface area contributed by atoms with E-state index in [-0.39, 0.29) is 0 Å². The number of thioether (sulfide) groups is 1. The van der Waals surface area contributed by atoms with Gasteiger partial charge in [0.25, 0.3) is 0 Å². The van der Waals surface area contributed by atoms with Crippen molar-refractivity contribution in [2.24, 2.45) is 0 Å². The van der Waals surface area contributed by atoms with Crippen LogP contribution in [0.2, 0.25) is 0 Å². The number of hydrogen-bond acceptors (Lipinski definition) is 4. The highest BCUT2D eigenvalue weighted by Gasteiger charge is 2.13. The van der Waals surface area contributed by atoms with Crippen molar-refractivity contribution in [1.82, 2.24) is 4.98 Å². The molecule has 0 spiro atoms. The van der Waals surface area contributed by atoms with Crippen LogP contribution in [0.1, 0.15) is 0 Å². The zero-order chi connectivity index (χ0) is 13.9. The van der Waals surface area contributed by atoms with Crippen LogP contribution in [0.4, 0.5) is 5.13 Å². The maximum absolute atomic E-state index is 5.91. The third kappa shape index (κ3) is 2.57. The van der Waals surface area contributed by atoms with Crippen LogP contribution in [0, 0.1) is 0 Å². The van der Waals surface area contributed by atoms with Crippen LogP contribution in [0.25, 0.3) is 21.7 Å². The molecule has 0 radical (unpaired) electrons. The fourth-order valence-corrected chi connectivity index (χ4v) is 3.33. The van der Waals surface area contributed by atoms with Gasteiger partial charge in [-0.1, -0.05) is 53.8 Å². The van der Waals surface area contributed by atoms with E-state index in [4.69, 9.17) is 5.73 Å². The SMILES string of the molecule is CSc1ccc(-c2sc(N)nc2-c2ccccc2)cc1. The van der Waals surface area contributed by atoms with E-state index in [1.807, 2.05) is 18.2 Å². The summed E-state index contributed by atoms with van der Waals surface area (Å²) >= 11 is 3.28. The first-order chi connectivity index (χ1) is 9.78. The second kappa shape index (κ2) is 5.69. The second-order valence-corrected chi connectivity index (χ2v) is 6.23. The summed E-state index contributed by atoms with van der Waals surface area (Å²) in [5, 5.41) is 0.604. The van der Waals surface area contributed by atoms with E-state index in [9.17, 15) is 0 Å². The third-order valence-electron chi connectivity index (χ3n) is 3.04. The Labute approximate surface area is 126 Å². The van der Waals surface area contributed by atoms with Gasteiger partial charge in [-0.05, 0) is 24.0 Å². The molecule has 2 N–H and O–H groups in total. The highest BCUT2D eigenvalue weighted by Crippen LogP contribution is 2.38. The molecule has 0 atom stereocenters. The number of aromatic nitrogens is 1. The van der Waals surface area contributed by atoms with Gasteiger partial charge in [-0.2, -0.15) is 0 Å². The van der Waals surface area contributed by atoms with E-state index >= 15 is 0 Å². The quantitative estimate of drug-likeness (QED) is 0.707. The molecule has 0 bridgehead atoms. The van der Waals surface area contributed by atoms with Crippen LogP contribution in [0.3, 0.4) is 0 Å². The van der Waals surface area contributed by atoms with Crippen molar-refractivity contribution in [2.75, 3.05) is 12.0 Å². The van der Waals surface area contributed by atoms with Crippen molar-refractivity contribution >= 4 is 28.2 Å². The van der Waals surface area contributed by atoms with Gasteiger partial charge in [0.1, 0.15) is 0 Å². The number of nitrogens with zero attached hydrogens (tertiary/aromatic N) is 1. The van der Waals surface area contributed by atoms with Crippen LogP contribution >= 0.6 is 23.1 Å². The number of benzene rings is 2. The van der Waals surface area contributed by atoms with E-state index in [1.54, 1.807) is 11.8 Å². The smallest absolute Gasteiger partial charge is 0.181 e. The lowest BCUT2D eigenvalue weighted by Gasteiger charge is -2.03. The van der Waals surface area contributed by atoms with Crippen molar-refractivity contribution in [3.63, 3.8) is 0 Å². The van der Waals surface area contributed by atoms with E-state index < -0.39 is 0 Å². The fourth-order valence-electron chi connectivity index (χ4n) is 2.07. The molecule has 3 rings (SSSR count). The first kappa shape index (κ1) is 13.2. The Morgan fingerprint density at radius 2 is 1.65 bits per heavy atom. The van der Waals surface area contributed by atoms with E-state index in [2.05, 4.69) is 47.6 Å². The maximum Gasteiger partial charge on any atom is 0.181 e. The number of hydrogen-bond donors (Lipinski definition) is 1. The molecule has 0 unspecified atom stereocenters. The molecular weight excluding hydrogens is 284 g/mol. The number of nitrogens with two attached hydrogens (primary N) is 1. The van der Waals surface area contributed by atoms with Gasteiger partial charge in [-0.25, -0.2) is 4.98 Å². The number of anilines is 1. The minimum atomic E-state index is 0.604. The molecule has 0 amide bonds. The molecule has 0 fully saturated rings. The predicted octanol–water partition coefficient (Wildman–Crippen LogP) is 4.78. The van der Waals surface area contributed by atoms with Crippen molar-refractivity contribution in [3.8, 4) is 21.7 Å². The van der Waals surface area contributed by atoms with Crippen LogP contribution in [-0.2, 0) is 0 Å². The normalized spacial score (nSPS) is 10.7. The standard InChI is InChI=1S/C16H14N2S2/c1-19-13-9-7-12(8-10-13)15-14(18-16(17)20-15)11-5-3-2-4-6-11/h2-10H,1H3,(H2,17,18). The van der Waals surface area contributed by atoms with E-state index in [1.165, 1.54) is 16.2 Å². The molecule has 0 aliphatic heterocycles. The molecule has 100 valence electrons. The van der Waals surface area contributed by atoms with Gasteiger partial charge in [0.2, 0.25) is 0 Å². The summed E-state index contributed by atoms with van der Waals surface area (Å²) in [7, 11) is 0. The Morgan fingerprint density at radius 1 is 0.950 bits per heavy atom. The molecule has 2 nitrogen and oxygen atoms in total. The van der Waals surface area contributed by atoms with Crippen molar-refractivity contribution in [1.29, 1.82) is 0 Å². The molecule has 0 saturated heterocycles. The summed E-state index contributed by atoms with van der Waals surface area (Å²) < 4.78 is 0. The fraction of sp³-hybridized carbons (Fsp3) is 0.0625. The van der Waals surface area contributed by atoms with Crippen molar-refractivity contribution in [3.05, 3.63) is 54.6 Å². The summed E-state index contributed by atoms with van der Waals surface area (Å²) in [6.45, 7) is 0. The second-order valence-electron chi connectivity index (χ2n) is 4.32. The van der Waals surface area contributed by atoms with Gasteiger partial charge in [0.15, 0.2) is 5.13 Å². The van der Waals surface area contributed by atoms with Gasteiger partial charge in [0.05, 0.1) is 10.6 Å². The Bertz CT molecular complexity index is 703. The van der Waals surface area contributed by atoms with Gasteiger partial charge in [-0.3, -0.25) is 0 Å². The van der Waals surface area contributed by atoms with Gasteiger partial charge < -0.3 is 5.73 Å². The first-order valence-electron chi connectivity index (χ1n) is 6.24. The van der Waals surface area contributed by atoms with Crippen LogP contribution in [-0.4, -0.2) is 11.2 Å². The van der Waals surface area contributed by atoms with Gasteiger partial charge >= 0.3 is 0 Å². The Morgan fingerprint density at radius 3 is 2.30 bits per heavy atom. The van der Waals surface area contributed by atoms with Crippen LogP contribution in [0.15, 0.2) is 59.5 Å². The van der Waals surface area contributed by atoms with E-state index in [0.717, 1.165) is 21.7 Å². The van der Waals surface area contributed by atoms with E-state index in [0.29, 0.717) is 5.13 Å². The summed E-state index contributed by atoms with van der Waals surface area (Å²) in [6, 6.07) is 18.7. The topological polar surface area (TPSA) is 38.9 Å². The third-order valence-corrected chi connectivity index (χ3v) is 4.72. The summed E-state index contributed by atoms with van der Waals surface area (Å²) in [6.07, 6.45) is 2.08. The highest BCUT2D eigenvalue weighted by molar-refractivity contribution is 7.98. The molecule has 20 heavy (non-hydrogen) atoms. The van der Waals surface area contributed by atoms with Crippen LogP contribution in [0.5, 0.6) is 0 Å². The van der Waals surface area contributed by atoms with Gasteiger partial charge in [0, 0.05) is 10.5 Å². The molecule has 0 saturated carbocycles. The zero-order valence-corrected chi connectivity index (χ0v) is 12.7. The van der Waals surface area contributed by atoms with Crippen molar-refractivity contribution in [2.45, 2.75) is 4.90 Å². The summed E-state index contributed by atoms with van der Waals surface area (Å²) in [4.78, 5) is 6.87. The largest absolute Gasteiger partial charge is 0.375 e. The molecule has 0 aliphatic carbocycles.